The SMILES string of the molecule is Cc1c(Cl)cccc1OCC(=O)Nc1cccc(-c2noc(=O)[nH]2)c1. The third-order valence-corrected chi connectivity index (χ3v) is 3.85. The van der Waals surface area contributed by atoms with Gasteiger partial charge in [0, 0.05) is 21.8 Å². The number of rotatable bonds is 5. The largest absolute Gasteiger partial charge is 0.483 e. The van der Waals surface area contributed by atoms with Crippen LogP contribution in [-0.2, 0) is 4.79 Å². The summed E-state index contributed by atoms with van der Waals surface area (Å²) in [5.74, 6) is -0.136. The molecular weight excluding hydrogens is 346 g/mol. The van der Waals surface area contributed by atoms with Crippen molar-refractivity contribution in [1.82, 2.24) is 10.1 Å². The molecule has 3 rings (SSSR count). The topological polar surface area (TPSA) is 97.2 Å². The molecule has 2 N–H and O–H groups in total. The Labute approximate surface area is 147 Å². The minimum absolute atomic E-state index is 0.161. The number of carbonyl (C=O) groups is 1. The fraction of sp³-hybridized carbons (Fsp3) is 0.118. The lowest BCUT2D eigenvalue weighted by molar-refractivity contribution is -0.118. The zero-order valence-corrected chi connectivity index (χ0v) is 14.0. The summed E-state index contributed by atoms with van der Waals surface area (Å²) in [5, 5.41) is 6.90. The maximum atomic E-state index is 12.1. The van der Waals surface area contributed by atoms with Gasteiger partial charge in [0.15, 0.2) is 12.4 Å². The van der Waals surface area contributed by atoms with Crippen LogP contribution in [0.25, 0.3) is 11.4 Å². The molecule has 1 amide bonds. The van der Waals surface area contributed by atoms with Crippen molar-refractivity contribution >= 4 is 23.2 Å². The maximum Gasteiger partial charge on any atom is 0.439 e. The predicted molar refractivity (Wildman–Crippen MR) is 92.9 cm³/mol. The van der Waals surface area contributed by atoms with E-state index in [4.69, 9.17) is 16.3 Å². The summed E-state index contributed by atoms with van der Waals surface area (Å²) in [4.78, 5) is 25.5. The maximum absolute atomic E-state index is 12.1. The van der Waals surface area contributed by atoms with E-state index in [1.165, 1.54) is 0 Å². The highest BCUT2D eigenvalue weighted by Crippen LogP contribution is 2.25. The molecule has 128 valence electrons. The van der Waals surface area contributed by atoms with E-state index in [0.717, 1.165) is 5.56 Å². The van der Waals surface area contributed by atoms with Crippen molar-refractivity contribution < 1.29 is 14.1 Å². The number of ether oxygens (including phenoxy) is 1. The summed E-state index contributed by atoms with van der Waals surface area (Å²) in [7, 11) is 0. The molecule has 0 aliphatic rings. The first-order chi connectivity index (χ1) is 12.0. The Morgan fingerprint density at radius 3 is 2.88 bits per heavy atom. The van der Waals surface area contributed by atoms with Crippen molar-refractivity contribution in [2.24, 2.45) is 0 Å². The normalized spacial score (nSPS) is 10.5. The zero-order chi connectivity index (χ0) is 17.8. The number of benzene rings is 2. The van der Waals surface area contributed by atoms with Crippen LogP contribution in [-0.4, -0.2) is 22.7 Å². The number of nitrogens with zero attached hydrogens (tertiary/aromatic N) is 1. The average Bonchev–Trinajstić information content (AvgIpc) is 3.03. The van der Waals surface area contributed by atoms with Gasteiger partial charge in [-0.2, -0.15) is 0 Å². The van der Waals surface area contributed by atoms with Crippen LogP contribution in [0.5, 0.6) is 5.75 Å². The molecule has 3 aromatic rings. The first kappa shape index (κ1) is 16.8. The highest BCUT2D eigenvalue weighted by atomic mass is 35.5. The van der Waals surface area contributed by atoms with Gasteiger partial charge in [0.1, 0.15) is 5.75 Å². The second-order valence-corrected chi connectivity index (χ2v) is 5.63. The lowest BCUT2D eigenvalue weighted by atomic mass is 10.2. The molecule has 8 heteroatoms. The molecule has 7 nitrogen and oxygen atoms in total. The Balaban J connectivity index is 1.65. The molecule has 0 bridgehead atoms. The van der Waals surface area contributed by atoms with Crippen LogP contribution in [0.15, 0.2) is 51.8 Å². The van der Waals surface area contributed by atoms with Crippen molar-refractivity contribution in [2.45, 2.75) is 6.92 Å². The molecule has 0 saturated heterocycles. The molecule has 25 heavy (non-hydrogen) atoms. The summed E-state index contributed by atoms with van der Waals surface area (Å²) >= 11 is 6.02. The van der Waals surface area contributed by atoms with Gasteiger partial charge in [0.2, 0.25) is 0 Å². The van der Waals surface area contributed by atoms with Crippen LogP contribution in [0.3, 0.4) is 0 Å². The molecular formula is C17H14ClN3O4. The predicted octanol–water partition coefficient (Wildman–Crippen LogP) is 3.01. The summed E-state index contributed by atoms with van der Waals surface area (Å²) in [6, 6.07) is 12.1. The third kappa shape index (κ3) is 4.07. The van der Waals surface area contributed by atoms with Crippen molar-refractivity contribution in [2.75, 3.05) is 11.9 Å². The van der Waals surface area contributed by atoms with Crippen molar-refractivity contribution in [3.8, 4) is 17.1 Å². The van der Waals surface area contributed by atoms with Gasteiger partial charge in [0.05, 0.1) is 0 Å². The van der Waals surface area contributed by atoms with Gasteiger partial charge in [-0.3, -0.25) is 14.3 Å². The van der Waals surface area contributed by atoms with E-state index >= 15 is 0 Å². The fourth-order valence-electron chi connectivity index (χ4n) is 2.18. The monoisotopic (exact) mass is 359 g/mol. The van der Waals surface area contributed by atoms with E-state index in [9.17, 15) is 9.59 Å². The van der Waals surface area contributed by atoms with E-state index in [2.05, 4.69) is 20.0 Å². The number of H-pyrrole nitrogens is 1. The minimum Gasteiger partial charge on any atom is -0.483 e. The van der Waals surface area contributed by atoms with Crippen LogP contribution in [0.1, 0.15) is 5.56 Å². The number of carbonyl (C=O) groups excluding carboxylic acids is 1. The van der Waals surface area contributed by atoms with Crippen LogP contribution in [0, 0.1) is 6.92 Å². The summed E-state index contributed by atoms with van der Waals surface area (Å²) in [6.07, 6.45) is 0. The Kier molecular flexibility index (Phi) is 4.85. The molecule has 0 fully saturated rings. The smallest absolute Gasteiger partial charge is 0.439 e. The number of anilines is 1. The van der Waals surface area contributed by atoms with Crippen LogP contribution in [0.2, 0.25) is 5.02 Å². The molecule has 1 aromatic heterocycles. The van der Waals surface area contributed by atoms with Gasteiger partial charge in [0.25, 0.3) is 5.91 Å². The Hall–Kier alpha value is -3.06. The first-order valence-corrected chi connectivity index (χ1v) is 7.75. The molecule has 0 unspecified atom stereocenters. The number of nitrogens with one attached hydrogen (secondary N) is 2. The lowest BCUT2D eigenvalue weighted by Gasteiger charge is -2.10. The van der Waals surface area contributed by atoms with E-state index in [0.29, 0.717) is 22.0 Å². The number of amides is 1. The highest BCUT2D eigenvalue weighted by molar-refractivity contribution is 6.31. The average molecular weight is 360 g/mol. The van der Waals surface area contributed by atoms with E-state index in [1.54, 1.807) is 42.5 Å². The van der Waals surface area contributed by atoms with E-state index < -0.39 is 5.76 Å². The second-order valence-electron chi connectivity index (χ2n) is 5.22. The second kappa shape index (κ2) is 7.23. The molecule has 0 aliphatic heterocycles. The molecule has 0 saturated carbocycles. The third-order valence-electron chi connectivity index (χ3n) is 3.44. The number of aromatic nitrogens is 2. The summed E-state index contributed by atoms with van der Waals surface area (Å²) in [6.45, 7) is 1.66. The molecule has 0 spiro atoms. The van der Waals surface area contributed by atoms with Gasteiger partial charge in [-0.05, 0) is 31.2 Å². The van der Waals surface area contributed by atoms with E-state index in [1.807, 2.05) is 6.92 Å². The zero-order valence-electron chi connectivity index (χ0n) is 13.2. The Morgan fingerprint density at radius 1 is 1.32 bits per heavy atom. The van der Waals surface area contributed by atoms with Crippen LogP contribution >= 0.6 is 11.6 Å². The quantitative estimate of drug-likeness (QED) is 0.729. The molecule has 1 heterocycles. The van der Waals surface area contributed by atoms with E-state index in [-0.39, 0.29) is 18.3 Å². The number of hydrogen-bond donors (Lipinski definition) is 2. The summed E-state index contributed by atoms with van der Waals surface area (Å²) in [5.41, 5.74) is 1.92. The van der Waals surface area contributed by atoms with Gasteiger partial charge >= 0.3 is 5.76 Å². The van der Waals surface area contributed by atoms with Gasteiger partial charge in [-0.15, -0.1) is 0 Å². The molecule has 0 aliphatic carbocycles. The first-order valence-electron chi connectivity index (χ1n) is 7.37. The van der Waals surface area contributed by atoms with Crippen LogP contribution < -0.4 is 15.8 Å². The lowest BCUT2D eigenvalue weighted by Crippen LogP contribution is -2.20. The fourth-order valence-corrected chi connectivity index (χ4v) is 2.35. The molecule has 0 radical (unpaired) electrons. The molecule has 2 aromatic carbocycles. The van der Waals surface area contributed by atoms with Crippen molar-refractivity contribution in [1.29, 1.82) is 0 Å². The van der Waals surface area contributed by atoms with Gasteiger partial charge in [-0.1, -0.05) is 35.0 Å². The number of hydrogen-bond acceptors (Lipinski definition) is 5. The Bertz CT molecular complexity index is 964. The molecule has 0 atom stereocenters. The standard InChI is InChI=1S/C17H14ClN3O4/c1-10-13(18)6-3-7-14(10)24-9-15(22)19-12-5-2-4-11(8-12)16-20-17(23)25-21-16/h2-8H,9H2,1H3,(H,19,22)(H,20,21,23). The summed E-state index contributed by atoms with van der Waals surface area (Å²) < 4.78 is 9.97. The van der Waals surface area contributed by atoms with Gasteiger partial charge < -0.3 is 10.1 Å². The number of aromatic amines is 1. The number of halogens is 1. The van der Waals surface area contributed by atoms with Crippen molar-refractivity contribution in [3.63, 3.8) is 0 Å². The van der Waals surface area contributed by atoms with Crippen molar-refractivity contribution in [3.05, 3.63) is 63.6 Å². The van der Waals surface area contributed by atoms with Gasteiger partial charge in [-0.25, -0.2) is 4.79 Å². The van der Waals surface area contributed by atoms with Crippen LogP contribution in [0.4, 0.5) is 5.69 Å². The minimum atomic E-state index is -0.644. The Morgan fingerprint density at radius 2 is 2.12 bits per heavy atom. The highest BCUT2D eigenvalue weighted by Gasteiger charge is 2.09.